The van der Waals surface area contributed by atoms with Gasteiger partial charge in [0.05, 0.1) is 47.0 Å². The number of nitrogens with one attached hydrogen (secondary N) is 2. The normalized spacial score (nSPS) is 23.4. The van der Waals surface area contributed by atoms with Crippen molar-refractivity contribution in [3.05, 3.63) is 94.0 Å². The number of nitriles is 3. The minimum Gasteiger partial charge on any atom is -0.444 e. The number of ether oxygens (including phenoxy) is 2. The minimum atomic E-state index is -0.458. The molecule has 9 rings (SSSR count). The highest BCUT2D eigenvalue weighted by Crippen LogP contribution is 2.34. The van der Waals surface area contributed by atoms with Gasteiger partial charge in [-0.2, -0.15) is 15.8 Å². The van der Waals surface area contributed by atoms with E-state index in [-0.39, 0.29) is 54.7 Å². The molecular weight excluding hydrogens is 929 g/mol. The summed E-state index contributed by atoms with van der Waals surface area (Å²) in [7, 11) is 0. The lowest BCUT2D eigenvalue weighted by atomic mass is 10.1. The maximum atomic E-state index is 12.5. The van der Waals surface area contributed by atoms with Crippen LogP contribution in [-0.4, -0.2) is 109 Å². The first-order valence-electron chi connectivity index (χ1n) is 22.2. The Hall–Kier alpha value is -4.75. The van der Waals surface area contributed by atoms with Crippen LogP contribution in [0.3, 0.4) is 0 Å². The van der Waals surface area contributed by atoms with Gasteiger partial charge in [0.15, 0.2) is 0 Å². The number of rotatable bonds is 2. The molecule has 6 saturated heterocycles. The highest BCUT2D eigenvalue weighted by molar-refractivity contribution is 9.10. The first-order valence-corrected chi connectivity index (χ1v) is 23.0. The Balaban J connectivity index is 0.000000196. The lowest BCUT2D eigenvalue weighted by Crippen LogP contribution is -2.56. The number of anilines is 2. The van der Waals surface area contributed by atoms with Gasteiger partial charge in [0.25, 0.3) is 0 Å². The molecule has 13 nitrogen and oxygen atoms in total. The van der Waals surface area contributed by atoms with Crippen LogP contribution in [0.2, 0.25) is 0 Å². The molecule has 6 aliphatic heterocycles. The van der Waals surface area contributed by atoms with Crippen LogP contribution in [0, 0.1) is 34.0 Å². The van der Waals surface area contributed by atoms with Crippen LogP contribution >= 0.6 is 40.7 Å². The standard InChI is InChI=1S/C18H23N3O2.C13H15N3.C11H20N2O2.C7H4BrN.2ClH/c1-18(2,3)23-17(22)21-15-8-9-16(21)12-20(11-15)14-6-4-13(10-19)5-7-14;14-7-10-1-5-13(6-2-10)16-8-11-3-4-12(9-16)15-11;1-11(2,3)15-10(14)13-8-4-5-9(13)7-12-6-8;8-7-3-1-6(5-9)2-4-7;;/h4-7,15-16H,8-9,11-12H2,1-3H3;1-2,5-6,11-12,15H,3-4,8-9H2;8-9,12H,4-7H2,1-3H3;1-4H;2*1H. The summed E-state index contributed by atoms with van der Waals surface area (Å²) in [5, 5.41) is 33.0. The highest BCUT2D eigenvalue weighted by Gasteiger charge is 2.45. The molecule has 65 heavy (non-hydrogen) atoms. The van der Waals surface area contributed by atoms with E-state index in [4.69, 9.17) is 25.3 Å². The Labute approximate surface area is 406 Å². The average molecular weight is 994 g/mol. The fraction of sp³-hybridized carbons (Fsp3) is 0.531. The molecule has 6 heterocycles. The second-order valence-electron chi connectivity index (χ2n) is 19.1. The van der Waals surface area contributed by atoms with Crippen LogP contribution < -0.4 is 20.4 Å². The van der Waals surface area contributed by atoms with Crippen molar-refractivity contribution < 1.29 is 19.1 Å². The van der Waals surface area contributed by atoms with Gasteiger partial charge < -0.3 is 29.9 Å². The van der Waals surface area contributed by atoms with Crippen LogP contribution in [0.25, 0.3) is 0 Å². The molecule has 6 unspecified atom stereocenters. The van der Waals surface area contributed by atoms with Crippen molar-refractivity contribution in [1.82, 2.24) is 20.4 Å². The third-order valence-electron chi connectivity index (χ3n) is 12.0. The Morgan fingerprint density at radius 2 is 0.892 bits per heavy atom. The van der Waals surface area contributed by atoms with Gasteiger partial charge in [-0.25, -0.2) is 9.59 Å². The summed E-state index contributed by atoms with van der Waals surface area (Å²) < 4.78 is 12.0. The number of fused-ring (bicyclic) bond motifs is 6. The fourth-order valence-corrected chi connectivity index (χ4v) is 9.41. The zero-order chi connectivity index (χ0) is 45.3. The van der Waals surface area contributed by atoms with Crippen LogP contribution in [-0.2, 0) is 9.47 Å². The minimum absolute atomic E-state index is 0. The van der Waals surface area contributed by atoms with Gasteiger partial charge in [-0.05, 0) is 153 Å². The monoisotopic (exact) mass is 991 g/mol. The van der Waals surface area contributed by atoms with E-state index in [1.807, 2.05) is 106 Å². The van der Waals surface area contributed by atoms with Crippen LogP contribution in [0.4, 0.5) is 21.0 Å². The predicted octanol–water partition coefficient (Wildman–Crippen LogP) is 9.17. The van der Waals surface area contributed by atoms with Crippen LogP contribution in [0.5, 0.6) is 0 Å². The van der Waals surface area contributed by atoms with E-state index in [0.29, 0.717) is 35.3 Å². The summed E-state index contributed by atoms with van der Waals surface area (Å²) in [6, 6.07) is 31.6. The van der Waals surface area contributed by atoms with E-state index < -0.39 is 5.60 Å². The predicted molar refractivity (Wildman–Crippen MR) is 263 cm³/mol. The first-order chi connectivity index (χ1) is 30.0. The van der Waals surface area contributed by atoms with Gasteiger partial charge in [-0.3, -0.25) is 9.80 Å². The molecule has 0 aromatic heterocycles. The zero-order valence-corrected chi connectivity index (χ0v) is 41.6. The maximum absolute atomic E-state index is 12.5. The SMILES string of the molecule is CC(C)(C)OC(=O)N1C2CCC1CN(c1ccc(C#N)cc1)C2.CC(C)(C)OC(=O)N1C2CCC1CNC2.Cl.Cl.N#Cc1ccc(Br)cc1.N#Cc1ccc(N2CC3CCC(C2)N3)cc1. The lowest BCUT2D eigenvalue weighted by Gasteiger charge is -2.42. The van der Waals surface area contributed by atoms with E-state index in [0.717, 1.165) is 80.7 Å². The summed E-state index contributed by atoms with van der Waals surface area (Å²) in [4.78, 5) is 33.0. The van der Waals surface area contributed by atoms with Gasteiger partial charge in [0.2, 0.25) is 0 Å². The van der Waals surface area contributed by atoms with Crippen molar-refractivity contribution in [1.29, 1.82) is 15.8 Å². The number of amides is 2. The Morgan fingerprint density at radius 3 is 1.26 bits per heavy atom. The van der Waals surface area contributed by atoms with Gasteiger partial charge >= 0.3 is 12.2 Å². The summed E-state index contributed by atoms with van der Waals surface area (Å²) in [5.41, 5.74) is 3.62. The van der Waals surface area contributed by atoms with Gasteiger partial charge in [0, 0.05) is 79.3 Å². The quantitative estimate of drug-likeness (QED) is 0.252. The number of hydrogen-bond acceptors (Lipinski definition) is 11. The van der Waals surface area contributed by atoms with Gasteiger partial charge in [-0.15, -0.1) is 24.8 Å². The van der Waals surface area contributed by atoms with Crippen molar-refractivity contribution in [2.75, 3.05) is 49.1 Å². The molecule has 350 valence electrons. The molecule has 6 fully saturated rings. The van der Waals surface area contributed by atoms with Crippen LogP contribution in [0.1, 0.15) is 96.8 Å². The van der Waals surface area contributed by atoms with Crippen molar-refractivity contribution in [2.24, 2.45) is 0 Å². The largest absolute Gasteiger partial charge is 0.444 e. The smallest absolute Gasteiger partial charge is 0.410 e. The number of hydrogen-bond donors (Lipinski definition) is 2. The molecule has 3 aromatic rings. The second-order valence-corrected chi connectivity index (χ2v) is 20.0. The first kappa shape index (κ1) is 52.9. The summed E-state index contributed by atoms with van der Waals surface area (Å²) in [6.45, 7) is 17.1. The van der Waals surface area contributed by atoms with E-state index in [9.17, 15) is 9.59 Å². The van der Waals surface area contributed by atoms with E-state index in [1.54, 1.807) is 12.1 Å². The third kappa shape index (κ3) is 14.9. The number of carbonyl (C=O) groups is 2. The number of carbonyl (C=O) groups excluding carboxylic acids is 2. The molecule has 6 aliphatic rings. The molecule has 6 bridgehead atoms. The lowest BCUT2D eigenvalue weighted by molar-refractivity contribution is 0.00974. The Morgan fingerprint density at radius 1 is 0.554 bits per heavy atom. The molecule has 16 heteroatoms. The molecule has 6 atom stereocenters. The Bertz CT molecular complexity index is 2110. The second kappa shape index (κ2) is 23.6. The average Bonchev–Trinajstić information content (AvgIpc) is 3.84. The molecule has 0 aliphatic carbocycles. The molecule has 3 aromatic carbocycles. The van der Waals surface area contributed by atoms with Crippen molar-refractivity contribution in [3.63, 3.8) is 0 Å². The summed E-state index contributed by atoms with van der Waals surface area (Å²) in [6.07, 6.45) is 6.54. The zero-order valence-electron chi connectivity index (χ0n) is 38.3. The molecule has 0 radical (unpaired) electrons. The van der Waals surface area contributed by atoms with Crippen molar-refractivity contribution in [3.8, 4) is 18.2 Å². The van der Waals surface area contributed by atoms with E-state index in [2.05, 4.69) is 60.6 Å². The molecule has 2 N–H and O–H groups in total. The number of piperazine rings is 3. The summed E-state index contributed by atoms with van der Waals surface area (Å²) >= 11 is 3.27. The number of halogens is 3. The number of nitrogens with zero attached hydrogens (tertiary/aromatic N) is 7. The Kier molecular flexibility index (Phi) is 19.2. The fourth-order valence-electron chi connectivity index (χ4n) is 9.14. The highest BCUT2D eigenvalue weighted by atomic mass is 79.9. The van der Waals surface area contributed by atoms with Gasteiger partial charge in [-0.1, -0.05) is 15.9 Å². The maximum Gasteiger partial charge on any atom is 0.410 e. The number of benzene rings is 3. The summed E-state index contributed by atoms with van der Waals surface area (Å²) in [5.74, 6) is 0. The molecule has 0 saturated carbocycles. The van der Waals surface area contributed by atoms with Crippen LogP contribution in [0.15, 0.2) is 77.3 Å². The molecule has 0 spiro atoms. The van der Waals surface area contributed by atoms with E-state index in [1.165, 1.54) is 18.5 Å². The third-order valence-corrected chi connectivity index (χ3v) is 12.5. The molecule has 2 amide bonds. The van der Waals surface area contributed by atoms with Crippen molar-refractivity contribution in [2.45, 2.75) is 128 Å². The topological polar surface area (TPSA) is 161 Å². The van der Waals surface area contributed by atoms with Crippen molar-refractivity contribution >= 4 is 64.3 Å². The van der Waals surface area contributed by atoms with E-state index >= 15 is 0 Å². The van der Waals surface area contributed by atoms with Gasteiger partial charge in [0.1, 0.15) is 11.2 Å². The molecular formula is C49H64BrCl2N9O4.